The number of unbranched alkanes of at least 4 members (excludes halogenated alkanes) is 41. The van der Waals surface area contributed by atoms with Gasteiger partial charge in [-0.15, -0.1) is 0 Å². The topological polar surface area (TPSA) is 78.9 Å². The molecule has 0 N–H and O–H groups in total. The minimum atomic E-state index is -0.780. The molecule has 1 unspecified atom stereocenters. The number of carbonyl (C=O) groups is 3. The maximum absolute atomic E-state index is 12.9. The molecule has 6 nitrogen and oxygen atoms in total. The molecule has 0 bridgehead atoms. The lowest BCUT2D eigenvalue weighted by atomic mass is 10.0. The van der Waals surface area contributed by atoms with E-state index in [1.54, 1.807) is 0 Å². The van der Waals surface area contributed by atoms with Crippen molar-refractivity contribution in [3.05, 3.63) is 48.6 Å². The van der Waals surface area contributed by atoms with Crippen molar-refractivity contribution in [3.63, 3.8) is 0 Å². The molecule has 0 rings (SSSR count). The van der Waals surface area contributed by atoms with Gasteiger partial charge in [-0.2, -0.15) is 0 Å². The molecule has 0 saturated heterocycles. The number of ether oxygens (including phenoxy) is 3. The minimum absolute atomic E-state index is 0.0763. The fourth-order valence-corrected chi connectivity index (χ4v) is 9.57. The Morgan fingerprint density at radius 3 is 0.811 bits per heavy atom. The Labute approximate surface area is 460 Å². The zero-order chi connectivity index (χ0) is 53.6. The highest BCUT2D eigenvalue weighted by atomic mass is 16.6. The second-order valence-electron chi connectivity index (χ2n) is 22.0. The summed E-state index contributed by atoms with van der Waals surface area (Å²) < 4.78 is 16.9. The quantitative estimate of drug-likeness (QED) is 0.0261. The third-order valence-corrected chi connectivity index (χ3v) is 14.5. The van der Waals surface area contributed by atoms with Crippen LogP contribution in [0.3, 0.4) is 0 Å². The molecule has 0 aliphatic carbocycles. The number of rotatable bonds is 60. The first-order chi connectivity index (χ1) is 36.5. The highest BCUT2D eigenvalue weighted by molar-refractivity contribution is 5.71. The monoisotopic (exact) mass is 1040 g/mol. The van der Waals surface area contributed by atoms with Gasteiger partial charge < -0.3 is 14.2 Å². The van der Waals surface area contributed by atoms with Crippen LogP contribution in [-0.4, -0.2) is 37.2 Å². The predicted octanol–water partition coefficient (Wildman–Crippen LogP) is 22.2. The second-order valence-corrected chi connectivity index (χ2v) is 22.0. The number of carbonyl (C=O) groups excluding carboxylic acids is 3. The molecule has 74 heavy (non-hydrogen) atoms. The number of allylic oxidation sites excluding steroid dienone is 8. The van der Waals surface area contributed by atoms with E-state index in [2.05, 4.69) is 69.4 Å². The largest absolute Gasteiger partial charge is 0.462 e. The highest BCUT2D eigenvalue weighted by Gasteiger charge is 2.19. The van der Waals surface area contributed by atoms with Crippen molar-refractivity contribution in [1.82, 2.24) is 0 Å². The van der Waals surface area contributed by atoms with Gasteiger partial charge in [0.1, 0.15) is 13.2 Å². The van der Waals surface area contributed by atoms with Gasteiger partial charge in [0.2, 0.25) is 0 Å². The van der Waals surface area contributed by atoms with Crippen LogP contribution >= 0.6 is 0 Å². The maximum atomic E-state index is 12.9. The minimum Gasteiger partial charge on any atom is -0.462 e. The summed E-state index contributed by atoms with van der Waals surface area (Å²) in [5, 5.41) is 0. The van der Waals surface area contributed by atoms with Gasteiger partial charge in [0.15, 0.2) is 6.10 Å². The summed E-state index contributed by atoms with van der Waals surface area (Å²) in [7, 11) is 0. The summed E-state index contributed by atoms with van der Waals surface area (Å²) in [6.07, 6.45) is 78.5. The van der Waals surface area contributed by atoms with Crippen LogP contribution in [0.5, 0.6) is 0 Å². The number of hydrogen-bond donors (Lipinski definition) is 0. The van der Waals surface area contributed by atoms with E-state index in [0.717, 1.165) is 77.0 Å². The normalized spacial score (nSPS) is 12.3. The highest BCUT2D eigenvalue weighted by Crippen LogP contribution is 2.17. The van der Waals surface area contributed by atoms with E-state index in [1.165, 1.54) is 231 Å². The van der Waals surface area contributed by atoms with Crippen molar-refractivity contribution in [2.45, 2.75) is 354 Å². The molecular weight excluding hydrogens is 913 g/mol. The second kappa shape index (κ2) is 62.9. The van der Waals surface area contributed by atoms with Crippen LogP contribution in [0.15, 0.2) is 48.6 Å². The lowest BCUT2D eigenvalue weighted by molar-refractivity contribution is -0.167. The predicted molar refractivity (Wildman–Crippen MR) is 321 cm³/mol. The molecular formula is C68H124O6. The maximum Gasteiger partial charge on any atom is 0.306 e. The van der Waals surface area contributed by atoms with E-state index >= 15 is 0 Å². The van der Waals surface area contributed by atoms with E-state index in [4.69, 9.17) is 14.2 Å². The molecule has 0 heterocycles. The Balaban J connectivity index is 4.20. The average molecular weight is 1040 g/mol. The van der Waals surface area contributed by atoms with Gasteiger partial charge in [0, 0.05) is 19.3 Å². The van der Waals surface area contributed by atoms with Gasteiger partial charge in [0.05, 0.1) is 0 Å². The van der Waals surface area contributed by atoms with Gasteiger partial charge in [-0.3, -0.25) is 14.4 Å². The van der Waals surface area contributed by atoms with Crippen LogP contribution in [0.25, 0.3) is 0 Å². The molecule has 0 amide bonds. The molecule has 0 spiro atoms. The summed E-state index contributed by atoms with van der Waals surface area (Å²) in [5.74, 6) is -0.876. The fraction of sp³-hybridized carbons (Fsp3) is 0.838. The van der Waals surface area contributed by atoms with Crippen molar-refractivity contribution < 1.29 is 28.6 Å². The SMILES string of the molecule is CCCC/C=C\CCCCCCCC(=O)OCC(COC(=O)CCCCCCCCCCCCCCCCC/C=C\CCCCCCCCCC)OC(=O)CCCCCCCCC/C=C\C/C=C\CCCCCC. The standard InChI is InChI=1S/C68H124O6/c1-4-7-10-13-16-19-22-24-26-28-30-31-32-33-34-35-36-37-38-40-41-43-46-49-52-55-58-61-67(70)73-64-65(63-72-66(69)60-57-54-51-48-45-21-18-15-12-9-6-3)74-68(71)62-59-56-53-50-47-44-42-39-29-27-25-23-20-17-14-11-8-5-2/h15,18,20,23,27-30,65H,4-14,16-17,19,21-22,24-26,31-64H2,1-3H3/b18-15-,23-20-,29-27-,30-28-. The Bertz CT molecular complexity index is 1280. The Kier molecular flexibility index (Phi) is 60.7. The van der Waals surface area contributed by atoms with Crippen LogP contribution in [0.1, 0.15) is 348 Å². The van der Waals surface area contributed by atoms with Crippen LogP contribution < -0.4 is 0 Å². The van der Waals surface area contributed by atoms with Crippen molar-refractivity contribution >= 4 is 17.9 Å². The van der Waals surface area contributed by atoms with Crippen molar-refractivity contribution in [1.29, 1.82) is 0 Å². The summed E-state index contributed by atoms with van der Waals surface area (Å²) in [6.45, 7) is 6.62. The average Bonchev–Trinajstić information content (AvgIpc) is 3.40. The van der Waals surface area contributed by atoms with E-state index in [1.807, 2.05) is 0 Å². The Morgan fingerprint density at radius 2 is 0.500 bits per heavy atom. The van der Waals surface area contributed by atoms with Crippen LogP contribution in [0.4, 0.5) is 0 Å². The summed E-state index contributed by atoms with van der Waals surface area (Å²) >= 11 is 0. The van der Waals surface area contributed by atoms with Gasteiger partial charge in [-0.05, 0) is 96.3 Å². The number of esters is 3. The first kappa shape index (κ1) is 71.4. The molecule has 0 aromatic rings. The van der Waals surface area contributed by atoms with E-state index < -0.39 is 6.10 Å². The van der Waals surface area contributed by atoms with E-state index in [0.29, 0.717) is 19.3 Å². The lowest BCUT2D eigenvalue weighted by Crippen LogP contribution is -2.30. The first-order valence-electron chi connectivity index (χ1n) is 32.6. The lowest BCUT2D eigenvalue weighted by Gasteiger charge is -2.18. The third-order valence-electron chi connectivity index (χ3n) is 14.5. The number of hydrogen-bond acceptors (Lipinski definition) is 6. The zero-order valence-electron chi connectivity index (χ0n) is 49.6. The molecule has 0 radical (unpaired) electrons. The molecule has 0 aliphatic rings. The molecule has 0 aromatic carbocycles. The van der Waals surface area contributed by atoms with Crippen LogP contribution in [0.2, 0.25) is 0 Å². The Morgan fingerprint density at radius 1 is 0.270 bits per heavy atom. The Hall–Kier alpha value is -2.63. The third kappa shape index (κ3) is 60.2. The molecule has 0 saturated carbocycles. The first-order valence-corrected chi connectivity index (χ1v) is 32.6. The molecule has 0 aromatic heterocycles. The van der Waals surface area contributed by atoms with Gasteiger partial charge >= 0.3 is 17.9 Å². The van der Waals surface area contributed by atoms with Gasteiger partial charge in [0.25, 0.3) is 0 Å². The summed E-state index contributed by atoms with van der Waals surface area (Å²) in [4.78, 5) is 38.2. The molecule has 0 fully saturated rings. The summed E-state index contributed by atoms with van der Waals surface area (Å²) in [6, 6.07) is 0. The van der Waals surface area contributed by atoms with Gasteiger partial charge in [-0.1, -0.05) is 281 Å². The van der Waals surface area contributed by atoms with E-state index in [9.17, 15) is 14.4 Å². The van der Waals surface area contributed by atoms with Crippen LogP contribution in [-0.2, 0) is 28.6 Å². The fourth-order valence-electron chi connectivity index (χ4n) is 9.57. The molecule has 0 aliphatic heterocycles. The zero-order valence-corrected chi connectivity index (χ0v) is 49.6. The smallest absolute Gasteiger partial charge is 0.306 e. The van der Waals surface area contributed by atoms with Crippen LogP contribution in [0, 0.1) is 0 Å². The molecule has 6 heteroatoms. The molecule has 1 atom stereocenters. The van der Waals surface area contributed by atoms with Gasteiger partial charge in [-0.25, -0.2) is 0 Å². The summed E-state index contributed by atoms with van der Waals surface area (Å²) in [5.41, 5.74) is 0. The molecule has 432 valence electrons. The van der Waals surface area contributed by atoms with Crippen molar-refractivity contribution in [2.75, 3.05) is 13.2 Å². The van der Waals surface area contributed by atoms with E-state index in [-0.39, 0.29) is 31.1 Å². The van der Waals surface area contributed by atoms with Crippen molar-refractivity contribution in [2.24, 2.45) is 0 Å². The van der Waals surface area contributed by atoms with Crippen molar-refractivity contribution in [3.8, 4) is 0 Å².